The molecule has 0 aliphatic heterocycles. The van der Waals surface area contributed by atoms with E-state index >= 15 is 0 Å². The van der Waals surface area contributed by atoms with Gasteiger partial charge in [0.25, 0.3) is 0 Å². The summed E-state index contributed by atoms with van der Waals surface area (Å²) in [5.74, 6) is 2.77. The van der Waals surface area contributed by atoms with E-state index in [1.165, 1.54) is 0 Å². The normalized spacial score (nSPS) is 10.8. The van der Waals surface area contributed by atoms with E-state index in [2.05, 4.69) is 31.2 Å². The number of aromatic nitrogens is 2. The van der Waals surface area contributed by atoms with Gasteiger partial charge in [-0.25, -0.2) is 4.98 Å². The van der Waals surface area contributed by atoms with E-state index in [9.17, 15) is 0 Å². The third-order valence-electron chi connectivity index (χ3n) is 2.97. The van der Waals surface area contributed by atoms with Crippen molar-refractivity contribution in [2.75, 3.05) is 12.4 Å². The van der Waals surface area contributed by atoms with Gasteiger partial charge in [0.15, 0.2) is 0 Å². The number of hydrogen-bond acceptors (Lipinski definition) is 4. The summed E-state index contributed by atoms with van der Waals surface area (Å²) in [5.41, 5.74) is 0.845. The smallest absolute Gasteiger partial charge is 0.227 e. The van der Waals surface area contributed by atoms with E-state index in [0.29, 0.717) is 16.7 Å². The first-order valence-corrected chi connectivity index (χ1v) is 7.78. The summed E-state index contributed by atoms with van der Waals surface area (Å²) in [4.78, 5) is 8.99. The van der Waals surface area contributed by atoms with Crippen LogP contribution in [0.4, 0.5) is 5.82 Å². The molecule has 0 amide bonds. The monoisotopic (exact) mass is 369 g/mol. The summed E-state index contributed by atoms with van der Waals surface area (Å²) < 4.78 is 6.80. The van der Waals surface area contributed by atoms with Crippen LogP contribution in [0.3, 0.4) is 0 Å². The topological polar surface area (TPSA) is 47.0 Å². The molecule has 0 aliphatic carbocycles. The van der Waals surface area contributed by atoms with E-state index in [-0.39, 0.29) is 5.92 Å². The molecule has 21 heavy (non-hydrogen) atoms. The Labute approximate surface area is 138 Å². The van der Waals surface area contributed by atoms with Gasteiger partial charge in [-0.3, -0.25) is 0 Å². The molecule has 4 nitrogen and oxygen atoms in total. The van der Waals surface area contributed by atoms with E-state index in [1.54, 1.807) is 6.07 Å². The van der Waals surface area contributed by atoms with Gasteiger partial charge in [-0.05, 0) is 25.1 Å². The molecule has 0 saturated heterocycles. The largest absolute Gasteiger partial charge is 0.437 e. The molecule has 112 valence electrons. The molecule has 1 heterocycles. The highest BCUT2D eigenvalue weighted by atomic mass is 79.9. The zero-order valence-corrected chi connectivity index (χ0v) is 14.7. The van der Waals surface area contributed by atoms with Crippen LogP contribution in [-0.2, 0) is 0 Å². The maximum Gasteiger partial charge on any atom is 0.227 e. The third kappa shape index (κ3) is 3.66. The standard InChI is InChI=1S/C15H17BrClN3O/c1-8(2)13-19-14(18-4)9(3)15(20-13)21-12-7-10(16)5-6-11(12)17/h5-8H,1-4H3,(H,18,19,20). The Hall–Kier alpha value is -1.33. The Morgan fingerprint density at radius 2 is 2.00 bits per heavy atom. The lowest BCUT2D eigenvalue weighted by molar-refractivity contribution is 0.453. The quantitative estimate of drug-likeness (QED) is 0.807. The highest BCUT2D eigenvalue weighted by Crippen LogP contribution is 2.34. The van der Waals surface area contributed by atoms with Crippen molar-refractivity contribution < 1.29 is 4.74 Å². The van der Waals surface area contributed by atoms with Crippen molar-refractivity contribution in [1.29, 1.82) is 0 Å². The van der Waals surface area contributed by atoms with Crippen LogP contribution >= 0.6 is 27.5 Å². The van der Waals surface area contributed by atoms with Crippen molar-refractivity contribution in [3.8, 4) is 11.6 Å². The molecule has 6 heteroatoms. The Morgan fingerprint density at radius 3 is 2.62 bits per heavy atom. The van der Waals surface area contributed by atoms with Crippen LogP contribution in [0.1, 0.15) is 31.2 Å². The van der Waals surface area contributed by atoms with Gasteiger partial charge in [0.2, 0.25) is 5.88 Å². The first-order valence-electron chi connectivity index (χ1n) is 6.61. The number of halogens is 2. The fraction of sp³-hybridized carbons (Fsp3) is 0.333. The average Bonchev–Trinajstić information content (AvgIpc) is 2.44. The van der Waals surface area contributed by atoms with Gasteiger partial charge in [-0.15, -0.1) is 0 Å². The number of rotatable bonds is 4. The summed E-state index contributed by atoms with van der Waals surface area (Å²) in [6, 6.07) is 5.46. The predicted octanol–water partition coefficient (Wildman–Crippen LogP) is 5.16. The molecule has 2 rings (SSSR count). The summed E-state index contributed by atoms with van der Waals surface area (Å²) in [5, 5.41) is 3.60. The van der Waals surface area contributed by atoms with E-state index in [4.69, 9.17) is 16.3 Å². The highest BCUT2D eigenvalue weighted by Gasteiger charge is 2.15. The molecular weight excluding hydrogens is 354 g/mol. The zero-order chi connectivity index (χ0) is 15.6. The van der Waals surface area contributed by atoms with Gasteiger partial charge < -0.3 is 10.1 Å². The lowest BCUT2D eigenvalue weighted by atomic mass is 10.2. The Kier molecular flexibility index (Phi) is 5.06. The highest BCUT2D eigenvalue weighted by molar-refractivity contribution is 9.10. The molecule has 0 saturated carbocycles. The van der Waals surface area contributed by atoms with Crippen molar-refractivity contribution in [3.05, 3.63) is 39.1 Å². The molecule has 0 bridgehead atoms. The first-order chi connectivity index (χ1) is 9.92. The van der Waals surface area contributed by atoms with Crippen molar-refractivity contribution in [2.45, 2.75) is 26.7 Å². The molecule has 0 unspecified atom stereocenters. The number of ether oxygens (including phenoxy) is 1. The fourth-order valence-electron chi connectivity index (χ4n) is 1.77. The number of anilines is 1. The molecular formula is C15H17BrClN3O. The number of hydrogen-bond donors (Lipinski definition) is 1. The van der Waals surface area contributed by atoms with Crippen LogP contribution in [0.15, 0.2) is 22.7 Å². The van der Waals surface area contributed by atoms with Crippen LogP contribution in [0, 0.1) is 6.92 Å². The van der Waals surface area contributed by atoms with Crippen molar-refractivity contribution in [1.82, 2.24) is 9.97 Å². The van der Waals surface area contributed by atoms with Crippen LogP contribution in [-0.4, -0.2) is 17.0 Å². The molecule has 0 atom stereocenters. The van der Waals surface area contributed by atoms with Gasteiger partial charge in [0.1, 0.15) is 17.4 Å². The van der Waals surface area contributed by atoms with Crippen LogP contribution in [0.25, 0.3) is 0 Å². The average molecular weight is 371 g/mol. The number of benzene rings is 1. The molecule has 0 spiro atoms. The van der Waals surface area contributed by atoms with Crippen molar-refractivity contribution >= 4 is 33.3 Å². The molecule has 1 N–H and O–H groups in total. The first kappa shape index (κ1) is 16.0. The maximum absolute atomic E-state index is 6.17. The van der Waals surface area contributed by atoms with Crippen LogP contribution < -0.4 is 10.1 Å². The molecule has 2 aromatic rings. The minimum atomic E-state index is 0.207. The second kappa shape index (κ2) is 6.62. The van der Waals surface area contributed by atoms with Gasteiger partial charge in [0.05, 0.1) is 10.6 Å². The summed E-state index contributed by atoms with van der Waals surface area (Å²) in [6.45, 7) is 6.00. The van der Waals surface area contributed by atoms with E-state index in [1.807, 2.05) is 40.0 Å². The third-order valence-corrected chi connectivity index (χ3v) is 3.78. The molecule has 1 aromatic carbocycles. The maximum atomic E-state index is 6.17. The Morgan fingerprint density at radius 1 is 1.29 bits per heavy atom. The summed E-state index contributed by atoms with van der Waals surface area (Å²) in [6.07, 6.45) is 0. The number of nitrogens with one attached hydrogen (secondary N) is 1. The van der Waals surface area contributed by atoms with Crippen molar-refractivity contribution in [3.63, 3.8) is 0 Å². The van der Waals surface area contributed by atoms with Gasteiger partial charge in [-0.2, -0.15) is 4.98 Å². The molecule has 1 aromatic heterocycles. The lowest BCUT2D eigenvalue weighted by Gasteiger charge is -2.15. The fourth-order valence-corrected chi connectivity index (χ4v) is 2.27. The Balaban J connectivity index is 2.47. The second-order valence-electron chi connectivity index (χ2n) is 4.94. The van der Waals surface area contributed by atoms with E-state index in [0.717, 1.165) is 21.7 Å². The van der Waals surface area contributed by atoms with Gasteiger partial charge >= 0.3 is 0 Å². The van der Waals surface area contributed by atoms with Gasteiger partial charge in [-0.1, -0.05) is 41.4 Å². The molecule has 0 fully saturated rings. The van der Waals surface area contributed by atoms with Crippen molar-refractivity contribution in [2.24, 2.45) is 0 Å². The summed E-state index contributed by atoms with van der Waals surface area (Å²) >= 11 is 9.58. The molecule has 0 aliphatic rings. The second-order valence-corrected chi connectivity index (χ2v) is 6.26. The summed E-state index contributed by atoms with van der Waals surface area (Å²) in [7, 11) is 1.83. The van der Waals surface area contributed by atoms with Crippen LogP contribution in [0.5, 0.6) is 11.6 Å². The predicted molar refractivity (Wildman–Crippen MR) is 89.6 cm³/mol. The molecule has 0 radical (unpaired) electrons. The zero-order valence-electron chi connectivity index (χ0n) is 12.4. The minimum Gasteiger partial charge on any atom is -0.437 e. The minimum absolute atomic E-state index is 0.207. The number of nitrogens with zero attached hydrogens (tertiary/aromatic N) is 2. The van der Waals surface area contributed by atoms with Crippen LogP contribution in [0.2, 0.25) is 5.02 Å². The lowest BCUT2D eigenvalue weighted by Crippen LogP contribution is -2.06. The van der Waals surface area contributed by atoms with Gasteiger partial charge in [0, 0.05) is 17.4 Å². The van der Waals surface area contributed by atoms with E-state index < -0.39 is 0 Å². The Bertz CT molecular complexity index is 662. The SMILES string of the molecule is CNc1nc(C(C)C)nc(Oc2cc(Br)ccc2Cl)c1C.